The van der Waals surface area contributed by atoms with E-state index in [1.807, 2.05) is 0 Å². The molecule has 0 heterocycles. The van der Waals surface area contributed by atoms with Crippen LogP contribution in [0.2, 0.25) is 0 Å². The average Bonchev–Trinajstić information content (AvgIpc) is 2.11. The molecule has 0 aliphatic carbocycles. The van der Waals surface area contributed by atoms with Gasteiger partial charge in [0.2, 0.25) is 0 Å². The number of hydrogen-bond acceptors (Lipinski definition) is 0. The van der Waals surface area contributed by atoms with Crippen molar-refractivity contribution in [1.29, 1.82) is 0 Å². The summed E-state index contributed by atoms with van der Waals surface area (Å²) in [7, 11) is 0. The second-order valence-corrected chi connectivity index (χ2v) is 5.46. The third-order valence-corrected chi connectivity index (χ3v) is 2.92. The lowest BCUT2D eigenvalue weighted by Crippen LogP contribution is -2.76. The molecule has 0 atom stereocenters. The Balaban J connectivity index is 4.02. The Morgan fingerprint density at radius 1 is 1.29 bits per heavy atom. The van der Waals surface area contributed by atoms with E-state index >= 15 is 0 Å². The van der Waals surface area contributed by atoms with Crippen molar-refractivity contribution < 1.29 is 4.99 Å². The summed E-state index contributed by atoms with van der Waals surface area (Å²) in [5, 5.41) is 0. The molecule has 0 aromatic heterocycles. The lowest BCUT2D eigenvalue weighted by molar-refractivity contribution is -0.477. The Kier molecular flexibility index (Phi) is 6.06. The summed E-state index contributed by atoms with van der Waals surface area (Å²) in [6.45, 7) is 14.7. The minimum absolute atomic E-state index is 0.437. The summed E-state index contributed by atoms with van der Waals surface area (Å²) in [5.41, 5.74) is 1.85. The molecule has 0 fully saturated rings. The van der Waals surface area contributed by atoms with Gasteiger partial charge in [0.1, 0.15) is 12.3 Å². The Morgan fingerprint density at radius 2 is 1.86 bits per heavy atom. The average molecular weight is 198 g/mol. The molecular weight excluding hydrogens is 170 g/mol. The molecule has 0 saturated heterocycles. The van der Waals surface area contributed by atoms with Crippen LogP contribution in [0.15, 0.2) is 0 Å². The van der Waals surface area contributed by atoms with E-state index in [1.165, 1.54) is 25.0 Å². The molecule has 0 unspecified atom stereocenters. The fourth-order valence-corrected chi connectivity index (χ4v) is 1.33. The third kappa shape index (κ3) is 6.17. The predicted molar refractivity (Wildman–Crippen MR) is 64.7 cm³/mol. The van der Waals surface area contributed by atoms with Crippen LogP contribution >= 0.6 is 0 Å². The second kappa shape index (κ2) is 6.21. The zero-order valence-electron chi connectivity index (χ0n) is 10.9. The van der Waals surface area contributed by atoms with Gasteiger partial charge in [-0.05, 0) is 6.42 Å². The quantitative estimate of drug-likeness (QED) is 0.630. The second-order valence-electron chi connectivity index (χ2n) is 5.46. The Bertz CT molecular complexity index is 178. The van der Waals surface area contributed by atoms with E-state index < -0.39 is 0 Å². The molecule has 0 aromatic rings. The molecule has 1 heteroatoms. The summed E-state index contributed by atoms with van der Waals surface area (Å²) < 4.78 is 0. The van der Waals surface area contributed by atoms with Crippen LogP contribution in [0.5, 0.6) is 0 Å². The van der Waals surface area contributed by atoms with Gasteiger partial charge in [0.05, 0.1) is 0 Å². The van der Waals surface area contributed by atoms with Crippen molar-refractivity contribution in [2.45, 2.75) is 60.8 Å². The van der Waals surface area contributed by atoms with Gasteiger partial charge in [0, 0.05) is 18.3 Å². The van der Waals surface area contributed by atoms with Crippen LogP contribution in [-0.2, 0) is 0 Å². The summed E-state index contributed by atoms with van der Waals surface area (Å²) in [6.07, 6.45) is 3.97. The van der Waals surface area contributed by atoms with E-state index in [4.69, 9.17) is 0 Å². The van der Waals surface area contributed by atoms with Gasteiger partial charge in [-0.15, -0.1) is 0 Å². The van der Waals surface area contributed by atoms with E-state index in [2.05, 4.69) is 46.5 Å². The highest BCUT2D eigenvalue weighted by Gasteiger charge is 2.20. The summed E-state index contributed by atoms with van der Waals surface area (Å²) in [5.74, 6) is 0.650. The van der Waals surface area contributed by atoms with Crippen LogP contribution in [0.1, 0.15) is 60.8 Å². The molecule has 0 saturated carbocycles. The minimum Gasteiger partial charge on any atom is -0.249 e. The molecule has 0 rings (SSSR count). The van der Waals surface area contributed by atoms with E-state index in [-0.39, 0.29) is 0 Å². The van der Waals surface area contributed by atoms with Gasteiger partial charge < -0.3 is 0 Å². The van der Waals surface area contributed by atoms with E-state index in [1.54, 1.807) is 0 Å². The third-order valence-electron chi connectivity index (χ3n) is 2.92. The normalized spacial score (nSPS) is 13.8. The zero-order valence-corrected chi connectivity index (χ0v) is 10.9. The Hall–Kier alpha value is -0.330. The van der Waals surface area contributed by atoms with Crippen molar-refractivity contribution in [3.05, 3.63) is 0 Å². The summed E-state index contributed by atoms with van der Waals surface area (Å²) in [4.78, 5) is 3.55. The van der Waals surface area contributed by atoms with Crippen LogP contribution in [0, 0.1) is 11.3 Å². The molecule has 84 valence electrons. The first-order valence-electron chi connectivity index (χ1n) is 5.96. The molecule has 1 nitrogen and oxygen atoms in total. The largest absolute Gasteiger partial charge is 0.249 e. The fourth-order valence-electron chi connectivity index (χ4n) is 1.33. The molecule has 0 aromatic carbocycles. The van der Waals surface area contributed by atoms with Crippen molar-refractivity contribution in [2.75, 3.05) is 6.54 Å². The van der Waals surface area contributed by atoms with E-state index in [9.17, 15) is 0 Å². The highest BCUT2D eigenvalue weighted by molar-refractivity contribution is 5.77. The van der Waals surface area contributed by atoms with Gasteiger partial charge in [-0.2, -0.15) is 0 Å². The fraction of sp³-hybridized carbons (Fsp3) is 0.923. The highest BCUT2D eigenvalue weighted by atomic mass is 14.8. The summed E-state index contributed by atoms with van der Waals surface area (Å²) in [6, 6.07) is 0. The maximum Gasteiger partial charge on any atom is 0.150 e. The first-order chi connectivity index (χ1) is 6.39. The van der Waals surface area contributed by atoms with Crippen LogP contribution in [0.4, 0.5) is 0 Å². The van der Waals surface area contributed by atoms with Crippen LogP contribution in [-0.4, -0.2) is 12.3 Å². The molecular formula is C13H28N+. The molecule has 14 heavy (non-hydrogen) atoms. The summed E-state index contributed by atoms with van der Waals surface area (Å²) >= 11 is 0. The topological polar surface area (TPSA) is 14.0 Å². The first-order valence-corrected chi connectivity index (χ1v) is 5.96. The number of nitrogens with one attached hydrogen (secondary N) is 1. The monoisotopic (exact) mass is 198 g/mol. The van der Waals surface area contributed by atoms with Crippen molar-refractivity contribution >= 4 is 5.71 Å². The molecule has 1 N–H and O–H groups in total. The molecule has 0 amide bonds. The van der Waals surface area contributed by atoms with Gasteiger partial charge in [-0.3, -0.25) is 0 Å². The SMILES string of the molecule is CCCCC(C)(C)C[NH+]=C(C)C(C)C. The molecule has 0 bridgehead atoms. The zero-order chi connectivity index (χ0) is 11.2. The lowest BCUT2D eigenvalue weighted by Gasteiger charge is -2.19. The van der Waals surface area contributed by atoms with E-state index in [0.29, 0.717) is 11.3 Å². The van der Waals surface area contributed by atoms with Crippen LogP contribution in [0.3, 0.4) is 0 Å². The number of rotatable bonds is 6. The van der Waals surface area contributed by atoms with Crippen molar-refractivity contribution in [1.82, 2.24) is 0 Å². The van der Waals surface area contributed by atoms with Gasteiger partial charge in [0.25, 0.3) is 0 Å². The molecule has 0 aliphatic rings. The molecule has 0 radical (unpaired) electrons. The molecule has 0 spiro atoms. The smallest absolute Gasteiger partial charge is 0.150 e. The Morgan fingerprint density at radius 3 is 2.29 bits per heavy atom. The highest BCUT2D eigenvalue weighted by Crippen LogP contribution is 2.20. The lowest BCUT2D eigenvalue weighted by atomic mass is 9.87. The number of hydrogen-bond donors (Lipinski definition) is 1. The van der Waals surface area contributed by atoms with Gasteiger partial charge in [-0.25, -0.2) is 4.99 Å². The molecule has 0 aliphatic heterocycles. The predicted octanol–water partition coefficient (Wildman–Crippen LogP) is 2.40. The van der Waals surface area contributed by atoms with Crippen LogP contribution < -0.4 is 4.99 Å². The van der Waals surface area contributed by atoms with Crippen molar-refractivity contribution in [3.63, 3.8) is 0 Å². The van der Waals surface area contributed by atoms with Gasteiger partial charge >= 0.3 is 0 Å². The Labute approximate surface area is 90.0 Å². The standard InChI is InChI=1S/C13H27N/c1-7-8-9-13(5,6)10-14-12(4)11(2)3/h11H,7-10H2,1-6H3/p+1. The maximum atomic E-state index is 3.55. The first kappa shape index (κ1) is 13.7. The van der Waals surface area contributed by atoms with Crippen molar-refractivity contribution in [2.24, 2.45) is 11.3 Å². The van der Waals surface area contributed by atoms with Crippen molar-refractivity contribution in [3.8, 4) is 0 Å². The number of unbranched alkanes of at least 4 members (excludes halogenated alkanes) is 1. The van der Waals surface area contributed by atoms with Crippen LogP contribution in [0.25, 0.3) is 0 Å². The van der Waals surface area contributed by atoms with Gasteiger partial charge in [0.15, 0.2) is 0 Å². The minimum atomic E-state index is 0.437. The van der Waals surface area contributed by atoms with E-state index in [0.717, 1.165) is 6.54 Å². The maximum absolute atomic E-state index is 3.55. The van der Waals surface area contributed by atoms with Gasteiger partial charge in [-0.1, -0.05) is 47.5 Å².